The SMILES string of the molecule is CC(=S)O[C@@H]1C(=O)N(C)[C@@H](OC(C)=S)C(=O)N1C. The van der Waals surface area contributed by atoms with Crippen molar-refractivity contribution < 1.29 is 19.1 Å². The molecule has 0 N–H and O–H groups in total. The van der Waals surface area contributed by atoms with Crippen LogP contribution in [-0.2, 0) is 19.1 Å². The average molecular weight is 290 g/mol. The summed E-state index contributed by atoms with van der Waals surface area (Å²) in [5, 5.41) is 0.374. The third-order valence-corrected chi connectivity index (χ3v) is 2.57. The van der Waals surface area contributed by atoms with Crippen LogP contribution in [0, 0.1) is 0 Å². The number of hydrogen-bond donors (Lipinski definition) is 0. The van der Waals surface area contributed by atoms with Gasteiger partial charge in [-0.15, -0.1) is 0 Å². The molecule has 8 heteroatoms. The van der Waals surface area contributed by atoms with E-state index in [1.165, 1.54) is 27.9 Å². The molecule has 6 nitrogen and oxygen atoms in total. The number of carbonyl (C=O) groups excluding carboxylic acids is 2. The van der Waals surface area contributed by atoms with Crippen LogP contribution in [0.15, 0.2) is 0 Å². The number of rotatable bonds is 2. The second-order valence-corrected chi connectivity index (χ2v) is 4.97. The molecule has 0 aromatic rings. The first-order valence-electron chi connectivity index (χ1n) is 5.13. The van der Waals surface area contributed by atoms with Gasteiger partial charge in [-0.2, -0.15) is 0 Å². The summed E-state index contributed by atoms with van der Waals surface area (Å²) in [7, 11) is 2.90. The number of hydrogen-bond acceptors (Lipinski definition) is 6. The van der Waals surface area contributed by atoms with Crippen LogP contribution < -0.4 is 0 Å². The summed E-state index contributed by atoms with van der Waals surface area (Å²) >= 11 is 9.55. The Morgan fingerprint density at radius 2 is 1.22 bits per heavy atom. The van der Waals surface area contributed by atoms with Crippen molar-refractivity contribution >= 4 is 46.4 Å². The van der Waals surface area contributed by atoms with Gasteiger partial charge >= 0.3 is 0 Å². The molecule has 1 aliphatic rings. The molecule has 0 aliphatic carbocycles. The molecule has 0 bridgehead atoms. The third-order valence-electron chi connectivity index (χ3n) is 2.38. The van der Waals surface area contributed by atoms with Crippen LogP contribution in [0.2, 0.25) is 0 Å². The highest BCUT2D eigenvalue weighted by Crippen LogP contribution is 2.18. The van der Waals surface area contributed by atoms with Gasteiger partial charge in [-0.05, 0) is 24.4 Å². The summed E-state index contributed by atoms with van der Waals surface area (Å²) in [6.45, 7) is 3.06. The molecule has 0 spiro atoms. The monoisotopic (exact) mass is 290 g/mol. The molecule has 1 fully saturated rings. The zero-order valence-corrected chi connectivity index (χ0v) is 12.1. The first-order chi connectivity index (χ1) is 8.25. The van der Waals surface area contributed by atoms with Crippen molar-refractivity contribution in [2.75, 3.05) is 14.1 Å². The predicted molar refractivity (Wildman–Crippen MR) is 71.8 cm³/mol. The van der Waals surface area contributed by atoms with Crippen molar-refractivity contribution in [1.29, 1.82) is 0 Å². The van der Waals surface area contributed by atoms with E-state index in [1.54, 1.807) is 0 Å². The predicted octanol–water partition coefficient (Wildman–Crippen LogP) is 0.297. The van der Waals surface area contributed by atoms with Gasteiger partial charge in [-0.25, -0.2) is 0 Å². The normalized spacial score (nSPS) is 24.0. The highest BCUT2D eigenvalue weighted by molar-refractivity contribution is 7.80. The first kappa shape index (κ1) is 14.8. The van der Waals surface area contributed by atoms with Gasteiger partial charge in [0.15, 0.2) is 10.1 Å². The zero-order chi connectivity index (χ0) is 14.0. The van der Waals surface area contributed by atoms with Crippen molar-refractivity contribution in [3.05, 3.63) is 0 Å². The molecular weight excluding hydrogens is 276 g/mol. The van der Waals surface area contributed by atoms with E-state index in [1.807, 2.05) is 0 Å². The van der Waals surface area contributed by atoms with E-state index in [4.69, 9.17) is 33.9 Å². The quantitative estimate of drug-likeness (QED) is 0.682. The number of nitrogens with zero attached hydrogens (tertiary/aromatic N) is 2. The summed E-state index contributed by atoms with van der Waals surface area (Å²) < 4.78 is 10.3. The second-order valence-electron chi connectivity index (χ2n) is 3.82. The van der Waals surface area contributed by atoms with Crippen LogP contribution in [-0.4, -0.2) is 58.3 Å². The number of carbonyl (C=O) groups is 2. The number of likely N-dealkylation sites (N-methyl/N-ethyl adjacent to an activating group) is 2. The summed E-state index contributed by atoms with van der Waals surface area (Å²) in [6, 6.07) is 0. The van der Waals surface area contributed by atoms with Crippen LogP contribution >= 0.6 is 24.4 Å². The molecule has 0 radical (unpaired) electrons. The standard InChI is InChI=1S/C10H14N2O4S2/c1-5(17)15-9-7(13)12(4)10(16-6(2)18)8(14)11(9)3/h9-10H,1-4H3/t9-,10+. The van der Waals surface area contributed by atoms with Gasteiger partial charge in [-0.1, -0.05) is 0 Å². The maximum Gasteiger partial charge on any atom is 0.288 e. The van der Waals surface area contributed by atoms with E-state index in [0.717, 1.165) is 9.80 Å². The minimum absolute atomic E-state index is 0.187. The maximum atomic E-state index is 12.0. The summed E-state index contributed by atoms with van der Waals surface area (Å²) in [4.78, 5) is 26.4. The van der Waals surface area contributed by atoms with Crippen LogP contribution in [0.4, 0.5) is 0 Å². The van der Waals surface area contributed by atoms with Gasteiger partial charge in [0.1, 0.15) is 0 Å². The summed E-state index contributed by atoms with van der Waals surface area (Å²) in [5.74, 6) is -0.829. The molecule has 2 atom stereocenters. The lowest BCUT2D eigenvalue weighted by molar-refractivity contribution is -0.182. The van der Waals surface area contributed by atoms with E-state index >= 15 is 0 Å². The van der Waals surface area contributed by atoms with Crippen LogP contribution in [0.1, 0.15) is 13.8 Å². The van der Waals surface area contributed by atoms with Crippen molar-refractivity contribution in [3.63, 3.8) is 0 Å². The zero-order valence-electron chi connectivity index (χ0n) is 10.5. The first-order valence-corrected chi connectivity index (χ1v) is 5.95. The molecule has 0 aromatic carbocycles. The van der Waals surface area contributed by atoms with E-state index in [0.29, 0.717) is 0 Å². The van der Waals surface area contributed by atoms with Crippen LogP contribution in [0.3, 0.4) is 0 Å². The molecule has 0 unspecified atom stereocenters. The van der Waals surface area contributed by atoms with Crippen LogP contribution in [0.5, 0.6) is 0 Å². The van der Waals surface area contributed by atoms with E-state index in [-0.39, 0.29) is 10.1 Å². The van der Waals surface area contributed by atoms with Gasteiger partial charge in [0.05, 0.1) is 0 Å². The molecule has 1 saturated heterocycles. The largest absolute Gasteiger partial charge is 0.455 e. The van der Waals surface area contributed by atoms with Crippen LogP contribution in [0.25, 0.3) is 0 Å². The van der Waals surface area contributed by atoms with Crippen molar-refractivity contribution in [2.24, 2.45) is 0 Å². The topological polar surface area (TPSA) is 59.1 Å². The molecule has 0 aromatic heterocycles. The highest BCUT2D eigenvalue weighted by atomic mass is 32.1. The average Bonchev–Trinajstić information content (AvgIpc) is 2.27. The lowest BCUT2D eigenvalue weighted by Gasteiger charge is -2.40. The molecule has 1 aliphatic heterocycles. The smallest absolute Gasteiger partial charge is 0.288 e. The third kappa shape index (κ3) is 2.94. The maximum absolute atomic E-state index is 12.0. The second kappa shape index (κ2) is 5.57. The molecule has 18 heavy (non-hydrogen) atoms. The van der Waals surface area contributed by atoms with Crippen molar-refractivity contribution in [2.45, 2.75) is 26.3 Å². The number of piperazine rings is 1. The molecule has 1 heterocycles. The van der Waals surface area contributed by atoms with Gasteiger partial charge in [0, 0.05) is 27.9 Å². The van der Waals surface area contributed by atoms with Crippen molar-refractivity contribution in [3.8, 4) is 0 Å². The number of amides is 2. The minimum atomic E-state index is -1.05. The number of ether oxygens (including phenoxy) is 2. The van der Waals surface area contributed by atoms with Gasteiger partial charge in [0.2, 0.25) is 0 Å². The Kier molecular flexibility index (Phi) is 4.58. The highest BCUT2D eigenvalue weighted by Gasteiger charge is 2.45. The molecular formula is C10H14N2O4S2. The van der Waals surface area contributed by atoms with E-state index in [2.05, 4.69) is 0 Å². The molecule has 2 amide bonds. The van der Waals surface area contributed by atoms with E-state index < -0.39 is 24.3 Å². The Balaban J connectivity index is 2.95. The Labute approximate surface area is 116 Å². The molecule has 0 saturated carbocycles. The Morgan fingerprint density at radius 3 is 1.44 bits per heavy atom. The fourth-order valence-electron chi connectivity index (χ4n) is 1.48. The fourth-order valence-corrected chi connectivity index (χ4v) is 1.67. The van der Waals surface area contributed by atoms with Gasteiger partial charge in [0.25, 0.3) is 24.3 Å². The Morgan fingerprint density at radius 1 is 0.944 bits per heavy atom. The summed E-state index contributed by atoms with van der Waals surface area (Å²) in [6.07, 6.45) is -2.10. The number of thiocarbonyl (C=S) groups is 2. The minimum Gasteiger partial charge on any atom is -0.455 e. The van der Waals surface area contributed by atoms with Crippen molar-refractivity contribution in [1.82, 2.24) is 9.80 Å². The van der Waals surface area contributed by atoms with Gasteiger partial charge in [-0.3, -0.25) is 19.4 Å². The molecule has 1 rings (SSSR count). The van der Waals surface area contributed by atoms with Gasteiger partial charge < -0.3 is 9.47 Å². The Hall–Kier alpha value is -1.28. The Bertz CT molecular complexity index is 375. The lowest BCUT2D eigenvalue weighted by atomic mass is 10.2. The van der Waals surface area contributed by atoms with E-state index in [9.17, 15) is 9.59 Å². The summed E-state index contributed by atoms with van der Waals surface area (Å²) in [5.41, 5.74) is 0. The lowest BCUT2D eigenvalue weighted by Crippen LogP contribution is -2.64. The fraction of sp³-hybridized carbons (Fsp3) is 0.600. The molecule has 100 valence electrons.